The van der Waals surface area contributed by atoms with Crippen LogP contribution in [0.4, 0.5) is 0 Å². The van der Waals surface area contributed by atoms with Crippen LogP contribution in [-0.4, -0.2) is 21.7 Å². The van der Waals surface area contributed by atoms with Crippen LogP contribution in [0.25, 0.3) is 0 Å². The molecule has 0 saturated heterocycles. The summed E-state index contributed by atoms with van der Waals surface area (Å²) in [4.78, 5) is 10.0. The normalized spacial score (nSPS) is 38.5. The molecule has 0 aromatic rings. The fourth-order valence-electron chi connectivity index (χ4n) is 1.44. The zero-order valence-electron chi connectivity index (χ0n) is 6.62. The second-order valence-corrected chi connectivity index (χ2v) is 3.51. The molecule has 1 rings (SSSR count). The first kappa shape index (κ1) is 8.46. The van der Waals surface area contributed by atoms with Gasteiger partial charge in [0.1, 0.15) is 0 Å². The molecule has 0 radical (unpaired) electrons. The highest BCUT2D eigenvalue weighted by atomic mass is 16.6. The molecule has 0 atom stereocenters. The van der Waals surface area contributed by atoms with Gasteiger partial charge in [0.2, 0.25) is 6.04 Å². The first-order valence-electron chi connectivity index (χ1n) is 3.87. The summed E-state index contributed by atoms with van der Waals surface area (Å²) in [6.45, 7) is 1.74. The van der Waals surface area contributed by atoms with Crippen molar-refractivity contribution in [2.45, 2.75) is 44.2 Å². The van der Waals surface area contributed by atoms with E-state index in [9.17, 15) is 15.2 Å². The maximum absolute atomic E-state index is 10.3. The Morgan fingerprint density at radius 3 is 2.36 bits per heavy atom. The van der Waals surface area contributed by atoms with Gasteiger partial charge in [0.25, 0.3) is 0 Å². The van der Waals surface area contributed by atoms with E-state index in [0.717, 1.165) is 0 Å². The Morgan fingerprint density at radius 2 is 2.00 bits per heavy atom. The van der Waals surface area contributed by atoms with E-state index in [1.165, 1.54) is 0 Å². The third-order valence-corrected chi connectivity index (χ3v) is 2.33. The lowest BCUT2D eigenvalue weighted by molar-refractivity contribution is -0.528. The number of hydrogen-bond donors (Lipinski definition) is 1. The SMILES string of the molecule is CC1(O)CCC([N+](=O)[O-])CC1. The molecule has 0 heterocycles. The topological polar surface area (TPSA) is 63.4 Å². The molecule has 64 valence electrons. The van der Waals surface area contributed by atoms with Crippen molar-refractivity contribution in [3.63, 3.8) is 0 Å². The molecule has 1 fully saturated rings. The van der Waals surface area contributed by atoms with Gasteiger partial charge in [-0.25, -0.2) is 0 Å². The van der Waals surface area contributed by atoms with Crippen LogP contribution in [0.1, 0.15) is 32.6 Å². The number of rotatable bonds is 1. The molecule has 1 saturated carbocycles. The monoisotopic (exact) mass is 159 g/mol. The van der Waals surface area contributed by atoms with E-state index in [-0.39, 0.29) is 4.92 Å². The highest BCUT2D eigenvalue weighted by Gasteiger charge is 2.33. The van der Waals surface area contributed by atoms with Crippen molar-refractivity contribution in [3.05, 3.63) is 10.1 Å². The van der Waals surface area contributed by atoms with E-state index in [2.05, 4.69) is 0 Å². The molecule has 4 heteroatoms. The second-order valence-electron chi connectivity index (χ2n) is 3.51. The molecule has 1 aliphatic rings. The molecule has 0 amide bonds. The lowest BCUT2D eigenvalue weighted by Crippen LogP contribution is -2.35. The second kappa shape index (κ2) is 2.77. The Kier molecular flexibility index (Phi) is 2.13. The van der Waals surface area contributed by atoms with Crippen molar-refractivity contribution in [1.82, 2.24) is 0 Å². The Balaban J connectivity index is 2.42. The predicted octanol–water partition coefficient (Wildman–Crippen LogP) is 0.957. The average Bonchev–Trinajstić information content (AvgIpc) is 1.86. The molecule has 0 unspecified atom stereocenters. The molecular weight excluding hydrogens is 146 g/mol. The average molecular weight is 159 g/mol. The minimum absolute atomic E-state index is 0.241. The summed E-state index contributed by atoms with van der Waals surface area (Å²) in [6, 6.07) is -0.421. The Morgan fingerprint density at radius 1 is 1.55 bits per heavy atom. The van der Waals surface area contributed by atoms with E-state index in [0.29, 0.717) is 25.7 Å². The molecule has 0 bridgehead atoms. The van der Waals surface area contributed by atoms with Gasteiger partial charge in [-0.3, -0.25) is 10.1 Å². The summed E-state index contributed by atoms with van der Waals surface area (Å²) in [5.41, 5.74) is -0.660. The summed E-state index contributed by atoms with van der Waals surface area (Å²) < 4.78 is 0. The van der Waals surface area contributed by atoms with E-state index >= 15 is 0 Å². The molecule has 1 N–H and O–H groups in total. The van der Waals surface area contributed by atoms with Crippen molar-refractivity contribution in [2.24, 2.45) is 0 Å². The molecular formula is C7H13NO3. The van der Waals surface area contributed by atoms with Gasteiger partial charge in [-0.2, -0.15) is 0 Å². The third-order valence-electron chi connectivity index (χ3n) is 2.33. The Bertz CT molecular complexity index is 157. The zero-order valence-corrected chi connectivity index (χ0v) is 6.62. The fraction of sp³-hybridized carbons (Fsp3) is 1.00. The lowest BCUT2D eigenvalue weighted by Gasteiger charge is -2.28. The summed E-state index contributed by atoms with van der Waals surface area (Å²) in [6.07, 6.45) is 2.14. The molecule has 0 spiro atoms. The van der Waals surface area contributed by atoms with Crippen molar-refractivity contribution < 1.29 is 10.0 Å². The van der Waals surface area contributed by atoms with Gasteiger partial charge >= 0.3 is 0 Å². The van der Waals surface area contributed by atoms with Crippen LogP contribution >= 0.6 is 0 Å². The van der Waals surface area contributed by atoms with Crippen molar-refractivity contribution in [1.29, 1.82) is 0 Å². The Hall–Kier alpha value is -0.640. The zero-order chi connectivity index (χ0) is 8.48. The molecule has 0 aliphatic heterocycles. The van der Waals surface area contributed by atoms with E-state index in [1.54, 1.807) is 6.92 Å². The summed E-state index contributed by atoms with van der Waals surface area (Å²) in [5.74, 6) is 0. The maximum Gasteiger partial charge on any atom is 0.213 e. The van der Waals surface area contributed by atoms with Crippen LogP contribution < -0.4 is 0 Å². The van der Waals surface area contributed by atoms with Crippen LogP contribution in [0, 0.1) is 10.1 Å². The molecule has 0 aromatic carbocycles. The Labute approximate surface area is 65.4 Å². The van der Waals surface area contributed by atoms with Gasteiger partial charge < -0.3 is 5.11 Å². The van der Waals surface area contributed by atoms with Crippen LogP contribution in [0.2, 0.25) is 0 Å². The van der Waals surface area contributed by atoms with Gasteiger partial charge in [-0.15, -0.1) is 0 Å². The largest absolute Gasteiger partial charge is 0.390 e. The summed E-state index contributed by atoms with van der Waals surface area (Å²) >= 11 is 0. The maximum atomic E-state index is 10.3. The van der Waals surface area contributed by atoms with Crippen molar-refractivity contribution in [3.8, 4) is 0 Å². The quantitative estimate of drug-likeness (QED) is 0.457. The fourth-order valence-corrected chi connectivity index (χ4v) is 1.44. The van der Waals surface area contributed by atoms with E-state index < -0.39 is 11.6 Å². The van der Waals surface area contributed by atoms with Gasteiger partial charge in [0, 0.05) is 17.8 Å². The summed E-state index contributed by atoms with van der Waals surface area (Å²) in [5, 5.41) is 19.7. The highest BCUT2D eigenvalue weighted by molar-refractivity contribution is 4.81. The van der Waals surface area contributed by atoms with Crippen molar-refractivity contribution >= 4 is 0 Å². The summed E-state index contributed by atoms with van der Waals surface area (Å²) in [7, 11) is 0. The first-order chi connectivity index (χ1) is 5.01. The minimum atomic E-state index is -0.660. The standard InChI is InChI=1S/C7H13NO3/c1-7(9)4-2-6(3-5-7)8(10)11/h6,9H,2-5H2,1H3. The minimum Gasteiger partial charge on any atom is -0.390 e. The third kappa shape index (κ3) is 2.15. The first-order valence-corrected chi connectivity index (χ1v) is 3.87. The molecule has 1 aliphatic carbocycles. The smallest absolute Gasteiger partial charge is 0.213 e. The van der Waals surface area contributed by atoms with Gasteiger partial charge in [-0.05, 0) is 19.8 Å². The van der Waals surface area contributed by atoms with Gasteiger partial charge in [0.05, 0.1) is 5.60 Å². The van der Waals surface area contributed by atoms with Crippen LogP contribution in [0.15, 0.2) is 0 Å². The molecule has 11 heavy (non-hydrogen) atoms. The predicted molar refractivity (Wildman–Crippen MR) is 39.9 cm³/mol. The highest BCUT2D eigenvalue weighted by Crippen LogP contribution is 2.28. The van der Waals surface area contributed by atoms with Crippen LogP contribution in [0.3, 0.4) is 0 Å². The number of aliphatic hydroxyl groups is 1. The number of hydrogen-bond acceptors (Lipinski definition) is 3. The van der Waals surface area contributed by atoms with Crippen molar-refractivity contribution in [2.75, 3.05) is 0 Å². The number of nitro groups is 1. The molecule has 0 aromatic heterocycles. The van der Waals surface area contributed by atoms with Gasteiger partial charge in [-0.1, -0.05) is 0 Å². The van der Waals surface area contributed by atoms with Crippen LogP contribution in [-0.2, 0) is 0 Å². The van der Waals surface area contributed by atoms with E-state index in [1.807, 2.05) is 0 Å². The van der Waals surface area contributed by atoms with Crippen LogP contribution in [0.5, 0.6) is 0 Å². The lowest BCUT2D eigenvalue weighted by atomic mass is 9.84. The van der Waals surface area contributed by atoms with E-state index in [4.69, 9.17) is 0 Å². The van der Waals surface area contributed by atoms with Gasteiger partial charge in [0.15, 0.2) is 0 Å². The molecule has 4 nitrogen and oxygen atoms in total. The number of nitrogens with zero attached hydrogens (tertiary/aromatic N) is 1.